The molecule has 0 N–H and O–H groups in total. The van der Waals surface area contributed by atoms with Crippen molar-refractivity contribution in [3.05, 3.63) is 133 Å². The summed E-state index contributed by atoms with van der Waals surface area (Å²) >= 11 is 3.56. The highest BCUT2D eigenvalue weighted by Crippen LogP contribution is 2.34. The first-order valence-corrected chi connectivity index (χ1v) is 14.1. The van der Waals surface area contributed by atoms with Crippen molar-refractivity contribution in [2.45, 2.75) is 45.8 Å². The van der Waals surface area contributed by atoms with Gasteiger partial charge in [-0.15, -0.1) is 0 Å². The Morgan fingerprint density at radius 3 is 1.24 bits per heavy atom. The van der Waals surface area contributed by atoms with E-state index >= 15 is 0 Å². The normalized spacial score (nSPS) is 11.3. The minimum atomic E-state index is 0.182. The molecule has 0 spiro atoms. The predicted molar refractivity (Wildman–Crippen MR) is 158 cm³/mol. The van der Waals surface area contributed by atoms with Crippen LogP contribution in [0.4, 0.5) is 0 Å². The second kappa shape index (κ2) is 11.3. The second-order valence-corrected chi connectivity index (χ2v) is 12.2. The van der Waals surface area contributed by atoms with Crippen LogP contribution in [0.15, 0.2) is 147 Å². The molecule has 0 atom stereocenters. The highest BCUT2D eigenvalue weighted by Gasteiger charge is 2.13. The molecule has 0 radical (unpaired) electrons. The molecule has 5 aromatic rings. The van der Waals surface area contributed by atoms with E-state index in [2.05, 4.69) is 106 Å². The van der Waals surface area contributed by atoms with Gasteiger partial charge in [0.15, 0.2) is 0 Å². The molecule has 0 aliphatic rings. The molecule has 0 unspecified atom stereocenters. The highest BCUT2D eigenvalue weighted by molar-refractivity contribution is 7.99. The van der Waals surface area contributed by atoms with Gasteiger partial charge in [0.25, 0.3) is 0 Å². The van der Waals surface area contributed by atoms with E-state index in [1.54, 1.807) is 23.5 Å². The minimum Gasteiger partial charge on any atom is -0.457 e. The molecule has 0 saturated carbocycles. The Labute approximate surface area is 228 Å². The molecule has 0 heterocycles. The summed E-state index contributed by atoms with van der Waals surface area (Å²) < 4.78 is 5.90. The molecule has 3 heteroatoms. The summed E-state index contributed by atoms with van der Waals surface area (Å²) in [7, 11) is 0. The fraction of sp³-hybridized carbons (Fsp3) is 0.118. The van der Waals surface area contributed by atoms with Crippen LogP contribution in [0.3, 0.4) is 0 Å². The molecular formula is C34H30OS2. The summed E-state index contributed by atoms with van der Waals surface area (Å²) in [6.45, 7) is 6.75. The summed E-state index contributed by atoms with van der Waals surface area (Å²) in [4.78, 5) is 4.91. The average molecular weight is 519 g/mol. The zero-order chi connectivity index (χ0) is 25.7. The number of hydrogen-bond acceptors (Lipinski definition) is 3. The van der Waals surface area contributed by atoms with Crippen molar-refractivity contribution in [3.8, 4) is 22.6 Å². The lowest BCUT2D eigenvalue weighted by molar-refractivity contribution is 0.482. The number of hydrogen-bond donors (Lipinski definition) is 0. The number of rotatable bonds is 7. The van der Waals surface area contributed by atoms with Crippen molar-refractivity contribution < 1.29 is 4.74 Å². The second-order valence-electron chi connectivity index (χ2n) is 9.91. The van der Waals surface area contributed by atoms with Crippen LogP contribution in [-0.2, 0) is 5.41 Å². The molecule has 37 heavy (non-hydrogen) atoms. The monoisotopic (exact) mass is 518 g/mol. The summed E-state index contributed by atoms with van der Waals surface area (Å²) in [5.74, 6) is 1.69. The maximum atomic E-state index is 5.90. The summed E-state index contributed by atoms with van der Waals surface area (Å²) in [6, 6.07) is 44.6. The lowest BCUT2D eigenvalue weighted by Gasteiger charge is -2.19. The van der Waals surface area contributed by atoms with E-state index in [-0.39, 0.29) is 5.41 Å². The first-order valence-electron chi connectivity index (χ1n) is 12.4. The Morgan fingerprint density at radius 2 is 0.811 bits per heavy atom. The molecule has 184 valence electrons. The molecule has 0 saturated heterocycles. The Morgan fingerprint density at radius 1 is 0.432 bits per heavy atom. The van der Waals surface area contributed by atoms with Gasteiger partial charge in [-0.05, 0) is 94.9 Å². The predicted octanol–water partition coefficient (Wildman–Crippen LogP) is 10.7. The lowest BCUT2D eigenvalue weighted by atomic mass is 9.87. The SMILES string of the molecule is CC(C)(C)c1ccc(Sc2ccc(-c3ccc(Sc4ccc(Oc5ccccc5)cc4)cc3)cc2)cc1. The lowest BCUT2D eigenvalue weighted by Crippen LogP contribution is -2.10. The zero-order valence-electron chi connectivity index (χ0n) is 21.3. The molecule has 0 aliphatic carbocycles. The van der Waals surface area contributed by atoms with E-state index < -0.39 is 0 Å². The van der Waals surface area contributed by atoms with Crippen molar-refractivity contribution >= 4 is 23.5 Å². The Balaban J connectivity index is 1.18. The molecule has 0 aliphatic heterocycles. The maximum Gasteiger partial charge on any atom is 0.127 e. The average Bonchev–Trinajstić information content (AvgIpc) is 2.91. The van der Waals surface area contributed by atoms with E-state index in [1.807, 2.05) is 42.5 Å². The van der Waals surface area contributed by atoms with E-state index in [9.17, 15) is 0 Å². The summed E-state index contributed by atoms with van der Waals surface area (Å²) in [6.07, 6.45) is 0. The number of ether oxygens (including phenoxy) is 1. The van der Waals surface area contributed by atoms with Gasteiger partial charge in [-0.1, -0.05) is 98.9 Å². The Kier molecular flexibility index (Phi) is 7.73. The van der Waals surface area contributed by atoms with Gasteiger partial charge in [0.1, 0.15) is 11.5 Å². The van der Waals surface area contributed by atoms with E-state index in [1.165, 1.54) is 36.3 Å². The summed E-state index contributed by atoms with van der Waals surface area (Å²) in [5.41, 5.74) is 4.00. The topological polar surface area (TPSA) is 9.23 Å². The van der Waals surface area contributed by atoms with Crippen molar-refractivity contribution in [2.24, 2.45) is 0 Å². The van der Waals surface area contributed by atoms with Crippen molar-refractivity contribution in [2.75, 3.05) is 0 Å². The van der Waals surface area contributed by atoms with Gasteiger partial charge in [0.05, 0.1) is 0 Å². The quantitative estimate of drug-likeness (QED) is 0.212. The van der Waals surface area contributed by atoms with E-state index in [0.717, 1.165) is 11.5 Å². The largest absolute Gasteiger partial charge is 0.457 e. The Hall–Kier alpha value is -3.40. The Bertz CT molecular complexity index is 1420. The van der Waals surface area contributed by atoms with Crippen LogP contribution in [-0.4, -0.2) is 0 Å². The standard InChI is InChI=1S/C34H30OS2/c1-34(2,3)27-13-21-32(22-14-27)36-30-17-9-25(10-18-30)26-11-19-31(20-12-26)37-33-23-15-29(16-24-33)35-28-7-5-4-6-8-28/h4-24H,1-3H3. The summed E-state index contributed by atoms with van der Waals surface area (Å²) in [5, 5.41) is 0. The van der Waals surface area contributed by atoms with Crippen LogP contribution in [0, 0.1) is 0 Å². The van der Waals surface area contributed by atoms with Gasteiger partial charge in [0.2, 0.25) is 0 Å². The van der Waals surface area contributed by atoms with Gasteiger partial charge in [-0.2, -0.15) is 0 Å². The maximum absolute atomic E-state index is 5.90. The van der Waals surface area contributed by atoms with Crippen LogP contribution < -0.4 is 4.74 Å². The van der Waals surface area contributed by atoms with Crippen LogP contribution in [0.5, 0.6) is 11.5 Å². The molecule has 0 amide bonds. The van der Waals surface area contributed by atoms with Crippen LogP contribution >= 0.6 is 23.5 Å². The highest BCUT2D eigenvalue weighted by atomic mass is 32.2. The van der Waals surface area contributed by atoms with Gasteiger partial charge in [-0.3, -0.25) is 0 Å². The molecule has 5 aromatic carbocycles. The molecule has 1 nitrogen and oxygen atoms in total. The van der Waals surface area contributed by atoms with Crippen LogP contribution in [0.1, 0.15) is 26.3 Å². The fourth-order valence-corrected chi connectivity index (χ4v) is 5.56. The van der Waals surface area contributed by atoms with Crippen LogP contribution in [0.25, 0.3) is 11.1 Å². The molecule has 5 rings (SSSR count). The first-order chi connectivity index (χ1) is 17.9. The van der Waals surface area contributed by atoms with E-state index in [0.29, 0.717) is 0 Å². The molecule has 0 fully saturated rings. The smallest absolute Gasteiger partial charge is 0.127 e. The van der Waals surface area contributed by atoms with Crippen LogP contribution in [0.2, 0.25) is 0 Å². The van der Waals surface area contributed by atoms with Crippen molar-refractivity contribution in [1.82, 2.24) is 0 Å². The first kappa shape index (κ1) is 25.3. The van der Waals surface area contributed by atoms with Crippen molar-refractivity contribution in [1.29, 1.82) is 0 Å². The van der Waals surface area contributed by atoms with Gasteiger partial charge in [-0.25, -0.2) is 0 Å². The van der Waals surface area contributed by atoms with E-state index in [4.69, 9.17) is 4.74 Å². The fourth-order valence-electron chi connectivity index (χ4n) is 3.93. The number of benzene rings is 5. The minimum absolute atomic E-state index is 0.182. The molecule has 0 bridgehead atoms. The van der Waals surface area contributed by atoms with Crippen molar-refractivity contribution in [3.63, 3.8) is 0 Å². The third-order valence-electron chi connectivity index (χ3n) is 6.04. The van der Waals surface area contributed by atoms with Gasteiger partial charge >= 0.3 is 0 Å². The van der Waals surface area contributed by atoms with Gasteiger partial charge < -0.3 is 4.74 Å². The third kappa shape index (κ3) is 6.88. The number of para-hydroxylation sites is 1. The molecule has 0 aromatic heterocycles. The molecular weight excluding hydrogens is 489 g/mol. The zero-order valence-corrected chi connectivity index (χ0v) is 23.0. The van der Waals surface area contributed by atoms with Gasteiger partial charge in [0, 0.05) is 19.6 Å². The third-order valence-corrected chi connectivity index (χ3v) is 8.07.